The van der Waals surface area contributed by atoms with Crippen molar-refractivity contribution in [3.05, 3.63) is 24.3 Å². The lowest BCUT2D eigenvalue weighted by molar-refractivity contribution is -0.137. The van der Waals surface area contributed by atoms with Gasteiger partial charge in [0.1, 0.15) is 0 Å². The topological polar surface area (TPSA) is 86.6 Å². The highest BCUT2D eigenvalue weighted by Crippen LogP contribution is 2.05. The zero-order valence-electron chi connectivity index (χ0n) is 14.9. The van der Waals surface area contributed by atoms with Crippen LogP contribution < -0.4 is 5.32 Å². The molecule has 0 saturated carbocycles. The van der Waals surface area contributed by atoms with E-state index in [0.717, 1.165) is 44.9 Å². The average Bonchev–Trinajstić information content (AvgIpc) is 2.54. The van der Waals surface area contributed by atoms with Crippen LogP contribution in [0.4, 0.5) is 0 Å². The largest absolute Gasteiger partial charge is 0.481 e. The number of aliphatic hydroxyl groups is 1. The molecule has 0 aromatic heterocycles. The van der Waals surface area contributed by atoms with Crippen molar-refractivity contribution in [2.45, 2.75) is 77.2 Å². The summed E-state index contributed by atoms with van der Waals surface area (Å²) in [4.78, 5) is 21.9. The third kappa shape index (κ3) is 16.7. The highest BCUT2D eigenvalue weighted by atomic mass is 16.4. The zero-order chi connectivity index (χ0) is 18.0. The van der Waals surface area contributed by atoms with E-state index in [9.17, 15) is 14.7 Å². The Kier molecular flexibility index (Phi) is 15.1. The van der Waals surface area contributed by atoms with Crippen LogP contribution in [0.15, 0.2) is 24.3 Å². The van der Waals surface area contributed by atoms with Gasteiger partial charge in [-0.3, -0.25) is 9.59 Å². The van der Waals surface area contributed by atoms with E-state index >= 15 is 0 Å². The van der Waals surface area contributed by atoms with Crippen molar-refractivity contribution < 1.29 is 19.8 Å². The molecule has 0 rings (SSSR count). The van der Waals surface area contributed by atoms with Crippen molar-refractivity contribution in [3.63, 3.8) is 0 Å². The average molecular weight is 339 g/mol. The van der Waals surface area contributed by atoms with Gasteiger partial charge in [-0.1, -0.05) is 63.3 Å². The second kappa shape index (κ2) is 16.2. The van der Waals surface area contributed by atoms with Crippen LogP contribution in [0.1, 0.15) is 71.1 Å². The highest BCUT2D eigenvalue weighted by Gasteiger charge is 2.00. The van der Waals surface area contributed by atoms with Crippen molar-refractivity contribution in [1.29, 1.82) is 0 Å². The summed E-state index contributed by atoms with van der Waals surface area (Å²) in [6, 6.07) is 0. The molecule has 0 bridgehead atoms. The van der Waals surface area contributed by atoms with Gasteiger partial charge < -0.3 is 15.5 Å². The molecule has 138 valence electrons. The quantitative estimate of drug-likeness (QED) is 0.314. The molecule has 0 unspecified atom stereocenters. The van der Waals surface area contributed by atoms with E-state index in [1.54, 1.807) is 6.08 Å². The molecule has 24 heavy (non-hydrogen) atoms. The van der Waals surface area contributed by atoms with Crippen LogP contribution in [0, 0.1) is 0 Å². The lowest BCUT2D eigenvalue weighted by atomic mass is 10.1. The molecule has 0 heterocycles. The number of hydrogen-bond donors (Lipinski definition) is 3. The van der Waals surface area contributed by atoms with Crippen LogP contribution >= 0.6 is 0 Å². The first-order valence-corrected chi connectivity index (χ1v) is 9.06. The Hall–Kier alpha value is -1.62. The summed E-state index contributed by atoms with van der Waals surface area (Å²) in [7, 11) is 0. The number of carboxylic acid groups (broad SMARTS) is 1. The number of aliphatic hydroxyl groups excluding tert-OH is 1. The number of amides is 1. The molecule has 5 heteroatoms. The summed E-state index contributed by atoms with van der Waals surface area (Å²) in [5, 5.41) is 21.0. The van der Waals surface area contributed by atoms with Gasteiger partial charge in [0.2, 0.25) is 5.91 Å². The monoisotopic (exact) mass is 339 g/mol. The number of nitrogens with one attached hydrogen (secondary N) is 1. The number of allylic oxidation sites excluding steroid dienone is 2. The third-order valence-electron chi connectivity index (χ3n) is 3.65. The number of carboxylic acids is 1. The van der Waals surface area contributed by atoms with Crippen molar-refractivity contribution in [3.8, 4) is 0 Å². The summed E-state index contributed by atoms with van der Waals surface area (Å²) >= 11 is 0. The first kappa shape index (κ1) is 22.4. The van der Waals surface area contributed by atoms with Crippen LogP contribution in [0.2, 0.25) is 0 Å². The summed E-state index contributed by atoms with van der Waals surface area (Å²) in [5.41, 5.74) is 0. The van der Waals surface area contributed by atoms with E-state index in [1.165, 1.54) is 0 Å². The second-order valence-corrected chi connectivity index (χ2v) is 5.99. The van der Waals surface area contributed by atoms with Crippen molar-refractivity contribution in [2.75, 3.05) is 6.54 Å². The maximum atomic E-state index is 11.6. The number of unbranched alkanes of at least 4 members (excludes halogenated alkanes) is 5. The van der Waals surface area contributed by atoms with E-state index in [2.05, 4.69) is 12.2 Å². The van der Waals surface area contributed by atoms with Gasteiger partial charge in [0, 0.05) is 19.4 Å². The van der Waals surface area contributed by atoms with Gasteiger partial charge in [-0.05, 0) is 19.3 Å². The lowest BCUT2D eigenvalue weighted by Crippen LogP contribution is -2.22. The number of rotatable bonds is 15. The Morgan fingerprint density at radius 3 is 2.38 bits per heavy atom. The summed E-state index contributed by atoms with van der Waals surface area (Å²) in [5.74, 6) is -0.747. The van der Waals surface area contributed by atoms with Crippen LogP contribution in [0.25, 0.3) is 0 Å². The van der Waals surface area contributed by atoms with E-state index in [0.29, 0.717) is 19.4 Å². The Morgan fingerprint density at radius 1 is 1.00 bits per heavy atom. The third-order valence-corrected chi connectivity index (χ3v) is 3.65. The molecule has 0 aromatic carbocycles. The van der Waals surface area contributed by atoms with Crippen molar-refractivity contribution in [1.82, 2.24) is 5.32 Å². The predicted octanol–water partition coefficient (Wildman–Crippen LogP) is 3.58. The normalized spacial score (nSPS) is 12.8. The summed E-state index contributed by atoms with van der Waals surface area (Å²) < 4.78 is 0. The van der Waals surface area contributed by atoms with Gasteiger partial charge in [-0.15, -0.1) is 0 Å². The second-order valence-electron chi connectivity index (χ2n) is 5.99. The summed E-state index contributed by atoms with van der Waals surface area (Å²) in [6.45, 7) is 2.62. The number of aliphatic carboxylic acids is 1. The molecule has 0 fully saturated rings. The molecular formula is C19H33NO4. The Labute approximate surface area is 145 Å². The number of hydrogen-bond acceptors (Lipinski definition) is 3. The van der Waals surface area contributed by atoms with Crippen molar-refractivity contribution in [2.24, 2.45) is 0 Å². The standard InChI is InChI=1S/C19H33NO4/c1-2-3-7-12-17(21)13-8-6-11-16-20-18(22)14-9-4-5-10-15-19(23)24/h6,8,11,13,17,21H,2-5,7,9-10,12,14-16H2,1H3,(H,20,22)(H,23,24)/b11-6-,13-8+/t17-/m1/s1. The highest BCUT2D eigenvalue weighted by molar-refractivity contribution is 5.75. The Bertz CT molecular complexity index is 391. The van der Waals surface area contributed by atoms with Crippen molar-refractivity contribution >= 4 is 11.9 Å². The van der Waals surface area contributed by atoms with E-state index in [-0.39, 0.29) is 12.3 Å². The lowest BCUT2D eigenvalue weighted by Gasteiger charge is -2.03. The maximum Gasteiger partial charge on any atom is 0.303 e. The van der Waals surface area contributed by atoms with Crippen LogP contribution in [-0.4, -0.2) is 34.7 Å². The van der Waals surface area contributed by atoms with E-state index in [1.807, 2.05) is 18.2 Å². The summed E-state index contributed by atoms with van der Waals surface area (Å²) in [6.07, 6.45) is 14.9. The van der Waals surface area contributed by atoms with Gasteiger partial charge >= 0.3 is 5.97 Å². The van der Waals surface area contributed by atoms with Crippen LogP contribution in [-0.2, 0) is 9.59 Å². The number of carbonyl (C=O) groups is 2. The fourth-order valence-electron chi connectivity index (χ4n) is 2.22. The fraction of sp³-hybridized carbons (Fsp3) is 0.684. The van der Waals surface area contributed by atoms with Gasteiger partial charge in [0.15, 0.2) is 0 Å². The van der Waals surface area contributed by atoms with E-state index < -0.39 is 12.1 Å². The minimum absolute atomic E-state index is 0.0152. The zero-order valence-corrected chi connectivity index (χ0v) is 14.9. The first-order chi connectivity index (χ1) is 11.6. The molecule has 0 saturated heterocycles. The Balaban J connectivity index is 3.54. The molecule has 0 aromatic rings. The molecule has 5 nitrogen and oxygen atoms in total. The molecule has 0 aliphatic rings. The molecule has 0 radical (unpaired) electrons. The molecule has 0 aliphatic carbocycles. The minimum atomic E-state index is -0.762. The van der Waals surface area contributed by atoms with Gasteiger partial charge in [0.05, 0.1) is 6.10 Å². The molecule has 3 N–H and O–H groups in total. The first-order valence-electron chi connectivity index (χ1n) is 9.06. The molecule has 0 aliphatic heterocycles. The smallest absolute Gasteiger partial charge is 0.303 e. The predicted molar refractivity (Wildman–Crippen MR) is 96.8 cm³/mol. The number of carbonyl (C=O) groups excluding carboxylic acids is 1. The van der Waals surface area contributed by atoms with Gasteiger partial charge in [0.25, 0.3) is 0 Å². The maximum absolute atomic E-state index is 11.6. The molecular weight excluding hydrogens is 306 g/mol. The van der Waals surface area contributed by atoms with Gasteiger partial charge in [-0.2, -0.15) is 0 Å². The minimum Gasteiger partial charge on any atom is -0.481 e. The molecule has 1 amide bonds. The Morgan fingerprint density at radius 2 is 1.71 bits per heavy atom. The molecule has 1 atom stereocenters. The van der Waals surface area contributed by atoms with E-state index in [4.69, 9.17) is 5.11 Å². The van der Waals surface area contributed by atoms with Crippen LogP contribution in [0.5, 0.6) is 0 Å². The van der Waals surface area contributed by atoms with Gasteiger partial charge in [-0.25, -0.2) is 0 Å². The van der Waals surface area contributed by atoms with Crippen LogP contribution in [0.3, 0.4) is 0 Å². The SMILES string of the molecule is CCCCC[C@@H](O)/C=C/C=C\CNC(=O)CCCCCCC(=O)O. The molecule has 0 spiro atoms. The fourth-order valence-corrected chi connectivity index (χ4v) is 2.22.